The van der Waals surface area contributed by atoms with Crippen molar-refractivity contribution in [2.45, 2.75) is 25.2 Å². The molecule has 0 spiro atoms. The van der Waals surface area contributed by atoms with E-state index in [0.29, 0.717) is 11.5 Å². The van der Waals surface area contributed by atoms with E-state index in [4.69, 9.17) is 0 Å². The molecule has 3 rings (SSSR count). The number of carboxylic acid groups (broad SMARTS) is 1. The van der Waals surface area contributed by atoms with Crippen LogP contribution in [0, 0.1) is 0 Å². The highest BCUT2D eigenvalue weighted by Crippen LogP contribution is 2.37. The molecule has 0 unspecified atom stereocenters. The fourth-order valence-corrected chi connectivity index (χ4v) is 2.98. The van der Waals surface area contributed by atoms with Gasteiger partial charge in [0.25, 0.3) is 0 Å². The number of aromatic carboxylic acids is 1. The SMILES string of the molecule is O=C(O)c1cc(Br)ccc1-c1ccc(C2CCC2)cc1. The van der Waals surface area contributed by atoms with E-state index in [0.717, 1.165) is 15.6 Å². The predicted molar refractivity (Wildman–Crippen MR) is 83.1 cm³/mol. The molecule has 1 aliphatic rings. The molecule has 2 aromatic carbocycles. The lowest BCUT2D eigenvalue weighted by Gasteiger charge is -2.25. The van der Waals surface area contributed by atoms with Crippen LogP contribution in [0.3, 0.4) is 0 Å². The van der Waals surface area contributed by atoms with Crippen LogP contribution in [-0.4, -0.2) is 11.1 Å². The Hall–Kier alpha value is -1.61. The van der Waals surface area contributed by atoms with Crippen LogP contribution in [0.5, 0.6) is 0 Å². The Morgan fingerprint density at radius 2 is 1.80 bits per heavy atom. The van der Waals surface area contributed by atoms with E-state index >= 15 is 0 Å². The van der Waals surface area contributed by atoms with Gasteiger partial charge >= 0.3 is 5.97 Å². The highest BCUT2D eigenvalue weighted by Gasteiger charge is 2.19. The molecule has 2 aromatic rings. The van der Waals surface area contributed by atoms with Gasteiger partial charge in [0.2, 0.25) is 0 Å². The zero-order valence-electron chi connectivity index (χ0n) is 11.0. The summed E-state index contributed by atoms with van der Waals surface area (Å²) in [6.45, 7) is 0. The lowest BCUT2D eigenvalue weighted by molar-refractivity contribution is 0.0697. The second kappa shape index (κ2) is 5.41. The number of benzene rings is 2. The smallest absolute Gasteiger partial charge is 0.336 e. The molecule has 2 nitrogen and oxygen atoms in total. The maximum absolute atomic E-state index is 11.4. The van der Waals surface area contributed by atoms with Crippen LogP contribution in [0.15, 0.2) is 46.9 Å². The summed E-state index contributed by atoms with van der Waals surface area (Å²) >= 11 is 3.32. The fourth-order valence-electron chi connectivity index (χ4n) is 2.62. The molecule has 0 heterocycles. The molecule has 102 valence electrons. The molecule has 0 atom stereocenters. The van der Waals surface area contributed by atoms with Crippen molar-refractivity contribution in [1.29, 1.82) is 0 Å². The summed E-state index contributed by atoms with van der Waals surface area (Å²) in [4.78, 5) is 11.4. The monoisotopic (exact) mass is 330 g/mol. The highest BCUT2D eigenvalue weighted by atomic mass is 79.9. The van der Waals surface area contributed by atoms with Gasteiger partial charge in [-0.1, -0.05) is 52.7 Å². The molecule has 0 aliphatic heterocycles. The summed E-state index contributed by atoms with van der Waals surface area (Å²) in [5.41, 5.74) is 3.42. The van der Waals surface area contributed by atoms with Crippen LogP contribution in [0.4, 0.5) is 0 Å². The maximum Gasteiger partial charge on any atom is 0.336 e. The zero-order chi connectivity index (χ0) is 14.1. The quantitative estimate of drug-likeness (QED) is 0.851. The van der Waals surface area contributed by atoms with E-state index in [1.807, 2.05) is 24.3 Å². The van der Waals surface area contributed by atoms with E-state index in [9.17, 15) is 9.90 Å². The number of hydrogen-bond acceptors (Lipinski definition) is 1. The molecule has 0 bridgehead atoms. The Morgan fingerprint density at radius 3 is 2.35 bits per heavy atom. The van der Waals surface area contributed by atoms with E-state index in [-0.39, 0.29) is 0 Å². The minimum Gasteiger partial charge on any atom is -0.478 e. The zero-order valence-corrected chi connectivity index (χ0v) is 12.6. The minimum atomic E-state index is -0.899. The normalized spacial score (nSPS) is 14.8. The highest BCUT2D eigenvalue weighted by molar-refractivity contribution is 9.10. The second-order valence-electron chi connectivity index (χ2n) is 5.24. The predicted octanol–water partition coefficient (Wildman–Crippen LogP) is 5.08. The summed E-state index contributed by atoms with van der Waals surface area (Å²) in [5.74, 6) is -0.197. The first-order valence-corrected chi connectivity index (χ1v) is 7.57. The van der Waals surface area contributed by atoms with Gasteiger partial charge in [-0.2, -0.15) is 0 Å². The van der Waals surface area contributed by atoms with Crippen molar-refractivity contribution in [3.05, 3.63) is 58.1 Å². The van der Waals surface area contributed by atoms with Gasteiger partial charge in [0.05, 0.1) is 5.56 Å². The Morgan fingerprint density at radius 1 is 1.10 bits per heavy atom. The van der Waals surface area contributed by atoms with Crippen molar-refractivity contribution in [3.8, 4) is 11.1 Å². The number of carboxylic acids is 1. The molecular formula is C17H15BrO2. The van der Waals surface area contributed by atoms with Gasteiger partial charge in [0.15, 0.2) is 0 Å². The summed E-state index contributed by atoms with van der Waals surface area (Å²) < 4.78 is 0.782. The minimum absolute atomic E-state index is 0.329. The van der Waals surface area contributed by atoms with E-state index in [1.165, 1.54) is 24.8 Å². The first kappa shape index (κ1) is 13.4. The Labute approximate surface area is 126 Å². The van der Waals surface area contributed by atoms with E-state index < -0.39 is 5.97 Å². The Bertz CT molecular complexity index is 643. The third kappa shape index (κ3) is 2.50. The van der Waals surface area contributed by atoms with Crippen molar-refractivity contribution in [3.63, 3.8) is 0 Å². The molecule has 20 heavy (non-hydrogen) atoms. The van der Waals surface area contributed by atoms with Gasteiger partial charge in [-0.25, -0.2) is 4.79 Å². The molecule has 1 aliphatic carbocycles. The van der Waals surface area contributed by atoms with Crippen LogP contribution >= 0.6 is 15.9 Å². The van der Waals surface area contributed by atoms with Crippen molar-refractivity contribution < 1.29 is 9.90 Å². The molecule has 3 heteroatoms. The molecule has 0 amide bonds. The van der Waals surface area contributed by atoms with Gasteiger partial charge in [-0.05, 0) is 47.6 Å². The lowest BCUT2D eigenvalue weighted by Crippen LogP contribution is -2.08. The Balaban J connectivity index is 1.98. The average Bonchev–Trinajstić information content (AvgIpc) is 2.38. The first-order chi connectivity index (χ1) is 9.65. The van der Waals surface area contributed by atoms with Crippen molar-refractivity contribution in [1.82, 2.24) is 0 Å². The van der Waals surface area contributed by atoms with Gasteiger partial charge < -0.3 is 5.11 Å². The molecule has 0 radical (unpaired) electrons. The van der Waals surface area contributed by atoms with E-state index in [2.05, 4.69) is 28.1 Å². The van der Waals surface area contributed by atoms with Crippen LogP contribution in [-0.2, 0) is 0 Å². The van der Waals surface area contributed by atoms with Crippen LogP contribution < -0.4 is 0 Å². The third-order valence-corrected chi connectivity index (χ3v) is 4.50. The van der Waals surface area contributed by atoms with Crippen LogP contribution in [0.25, 0.3) is 11.1 Å². The number of hydrogen-bond donors (Lipinski definition) is 1. The second-order valence-corrected chi connectivity index (χ2v) is 6.16. The fraction of sp³-hybridized carbons (Fsp3) is 0.235. The standard InChI is InChI=1S/C17H15BrO2/c18-14-8-9-15(16(10-14)17(19)20)13-6-4-12(5-7-13)11-2-1-3-11/h4-11H,1-3H2,(H,19,20). The largest absolute Gasteiger partial charge is 0.478 e. The molecule has 0 saturated heterocycles. The van der Waals surface area contributed by atoms with Crippen molar-refractivity contribution in [2.24, 2.45) is 0 Å². The van der Waals surface area contributed by atoms with Gasteiger partial charge in [-0.15, -0.1) is 0 Å². The van der Waals surface area contributed by atoms with Crippen molar-refractivity contribution in [2.75, 3.05) is 0 Å². The van der Waals surface area contributed by atoms with Crippen LogP contribution in [0.2, 0.25) is 0 Å². The summed E-state index contributed by atoms with van der Waals surface area (Å²) in [7, 11) is 0. The average molecular weight is 331 g/mol. The first-order valence-electron chi connectivity index (χ1n) is 6.78. The maximum atomic E-state index is 11.4. The topological polar surface area (TPSA) is 37.3 Å². The van der Waals surface area contributed by atoms with Gasteiger partial charge in [0.1, 0.15) is 0 Å². The van der Waals surface area contributed by atoms with Crippen LogP contribution in [0.1, 0.15) is 41.1 Å². The Kier molecular flexibility index (Phi) is 3.62. The number of carbonyl (C=O) groups is 1. The lowest BCUT2D eigenvalue weighted by atomic mass is 9.80. The summed E-state index contributed by atoms with van der Waals surface area (Å²) in [5, 5.41) is 9.32. The van der Waals surface area contributed by atoms with E-state index in [1.54, 1.807) is 6.07 Å². The number of rotatable bonds is 3. The van der Waals surface area contributed by atoms with Crippen molar-refractivity contribution >= 4 is 21.9 Å². The van der Waals surface area contributed by atoms with Gasteiger partial charge in [-0.3, -0.25) is 0 Å². The number of halogens is 1. The third-order valence-electron chi connectivity index (χ3n) is 4.01. The molecule has 1 N–H and O–H groups in total. The molecule has 1 fully saturated rings. The van der Waals surface area contributed by atoms with Gasteiger partial charge in [0, 0.05) is 4.47 Å². The summed E-state index contributed by atoms with van der Waals surface area (Å²) in [6, 6.07) is 13.7. The molecule has 1 saturated carbocycles. The molecule has 0 aromatic heterocycles. The summed E-state index contributed by atoms with van der Waals surface area (Å²) in [6.07, 6.45) is 3.87. The molecular weight excluding hydrogens is 316 g/mol.